The van der Waals surface area contributed by atoms with Gasteiger partial charge in [0.05, 0.1) is 13.3 Å². The molecule has 2 rings (SSSR count). The van der Waals surface area contributed by atoms with Crippen molar-refractivity contribution < 1.29 is 4.74 Å². The van der Waals surface area contributed by atoms with Gasteiger partial charge in [0.1, 0.15) is 5.75 Å². The first-order valence-electron chi connectivity index (χ1n) is 5.74. The first-order valence-corrected chi connectivity index (χ1v) is 5.74. The number of nitrogens with two attached hydrogens (primary N) is 1. The number of aromatic nitrogens is 1. The van der Waals surface area contributed by atoms with E-state index in [1.165, 1.54) is 6.42 Å². The molecule has 0 spiro atoms. The minimum Gasteiger partial charge on any atom is -0.495 e. The Kier molecular flexibility index (Phi) is 2.66. The van der Waals surface area contributed by atoms with Gasteiger partial charge in [-0.2, -0.15) is 0 Å². The third kappa shape index (κ3) is 2.05. The average Bonchev–Trinajstić information content (AvgIpc) is 2.55. The van der Waals surface area contributed by atoms with Crippen LogP contribution in [0.4, 0.5) is 0 Å². The van der Waals surface area contributed by atoms with E-state index in [2.05, 4.69) is 18.8 Å². The SMILES string of the molecule is COc1cncc(C2(N)CCC(C)(C)C2)c1. The highest BCUT2D eigenvalue weighted by Gasteiger charge is 2.41. The van der Waals surface area contributed by atoms with Crippen LogP contribution in [0.15, 0.2) is 18.5 Å². The van der Waals surface area contributed by atoms with Crippen LogP contribution in [0.2, 0.25) is 0 Å². The van der Waals surface area contributed by atoms with E-state index in [0.717, 1.165) is 24.2 Å². The Bertz CT molecular complexity index is 389. The van der Waals surface area contributed by atoms with Crippen LogP contribution >= 0.6 is 0 Å². The molecule has 1 aromatic rings. The van der Waals surface area contributed by atoms with Crippen LogP contribution < -0.4 is 10.5 Å². The van der Waals surface area contributed by atoms with Gasteiger partial charge in [0.15, 0.2) is 0 Å². The minimum absolute atomic E-state index is 0.231. The summed E-state index contributed by atoms with van der Waals surface area (Å²) in [7, 11) is 1.66. The fraction of sp³-hybridized carbons (Fsp3) is 0.615. The van der Waals surface area contributed by atoms with Gasteiger partial charge in [-0.15, -0.1) is 0 Å². The monoisotopic (exact) mass is 220 g/mol. The van der Waals surface area contributed by atoms with E-state index < -0.39 is 0 Å². The first-order chi connectivity index (χ1) is 7.45. The number of hydrogen-bond acceptors (Lipinski definition) is 3. The van der Waals surface area contributed by atoms with Crippen LogP contribution in [-0.4, -0.2) is 12.1 Å². The largest absolute Gasteiger partial charge is 0.495 e. The molecular weight excluding hydrogens is 200 g/mol. The molecule has 1 atom stereocenters. The highest BCUT2D eigenvalue weighted by molar-refractivity contribution is 5.30. The molecule has 0 bridgehead atoms. The smallest absolute Gasteiger partial charge is 0.137 e. The second-order valence-electron chi connectivity index (χ2n) is 5.61. The summed E-state index contributed by atoms with van der Waals surface area (Å²) in [5.74, 6) is 0.784. The summed E-state index contributed by atoms with van der Waals surface area (Å²) in [6, 6.07) is 2.01. The van der Waals surface area contributed by atoms with Crippen molar-refractivity contribution in [1.82, 2.24) is 4.98 Å². The molecule has 0 amide bonds. The molecule has 0 radical (unpaired) electrons. The third-order valence-corrected chi connectivity index (χ3v) is 3.57. The zero-order valence-electron chi connectivity index (χ0n) is 10.3. The maximum absolute atomic E-state index is 6.48. The van der Waals surface area contributed by atoms with Crippen LogP contribution in [-0.2, 0) is 5.54 Å². The van der Waals surface area contributed by atoms with E-state index in [1.807, 2.05) is 12.3 Å². The molecule has 1 heterocycles. The fourth-order valence-electron chi connectivity index (χ4n) is 2.64. The molecule has 1 fully saturated rings. The van der Waals surface area contributed by atoms with Crippen molar-refractivity contribution >= 4 is 0 Å². The molecule has 0 aliphatic heterocycles. The van der Waals surface area contributed by atoms with Gasteiger partial charge in [0.2, 0.25) is 0 Å². The molecule has 1 saturated carbocycles. The predicted molar refractivity (Wildman–Crippen MR) is 64.3 cm³/mol. The van der Waals surface area contributed by atoms with Gasteiger partial charge in [-0.1, -0.05) is 13.8 Å². The molecule has 1 aliphatic rings. The molecule has 1 unspecified atom stereocenters. The second kappa shape index (κ2) is 3.74. The topological polar surface area (TPSA) is 48.1 Å². The van der Waals surface area contributed by atoms with Crippen LogP contribution in [0.3, 0.4) is 0 Å². The van der Waals surface area contributed by atoms with Gasteiger partial charge < -0.3 is 10.5 Å². The lowest BCUT2D eigenvalue weighted by molar-refractivity contribution is 0.338. The van der Waals surface area contributed by atoms with Crippen LogP contribution in [0.1, 0.15) is 38.7 Å². The van der Waals surface area contributed by atoms with Crippen molar-refractivity contribution in [2.45, 2.75) is 38.6 Å². The molecule has 1 aromatic heterocycles. The summed E-state index contributed by atoms with van der Waals surface area (Å²) in [5, 5.41) is 0. The van der Waals surface area contributed by atoms with Crippen molar-refractivity contribution in [2.24, 2.45) is 11.1 Å². The molecule has 3 heteroatoms. The highest BCUT2D eigenvalue weighted by Crippen LogP contribution is 2.47. The Morgan fingerprint density at radius 1 is 1.31 bits per heavy atom. The van der Waals surface area contributed by atoms with Gasteiger partial charge in [-0.25, -0.2) is 0 Å². The van der Waals surface area contributed by atoms with Gasteiger partial charge >= 0.3 is 0 Å². The Balaban J connectivity index is 2.30. The fourth-order valence-corrected chi connectivity index (χ4v) is 2.64. The molecule has 3 nitrogen and oxygen atoms in total. The van der Waals surface area contributed by atoms with Crippen LogP contribution in [0.25, 0.3) is 0 Å². The van der Waals surface area contributed by atoms with Gasteiger partial charge in [0.25, 0.3) is 0 Å². The lowest BCUT2D eigenvalue weighted by atomic mass is 9.85. The second-order valence-corrected chi connectivity index (χ2v) is 5.61. The number of hydrogen-bond donors (Lipinski definition) is 1. The Labute approximate surface area is 97.0 Å². The number of ether oxygens (including phenoxy) is 1. The van der Waals surface area contributed by atoms with Gasteiger partial charge in [0, 0.05) is 11.7 Å². The zero-order valence-corrected chi connectivity index (χ0v) is 10.3. The lowest BCUT2D eigenvalue weighted by Gasteiger charge is -2.26. The average molecular weight is 220 g/mol. The number of rotatable bonds is 2. The number of pyridine rings is 1. The quantitative estimate of drug-likeness (QED) is 0.832. The van der Waals surface area contributed by atoms with E-state index in [9.17, 15) is 0 Å². The predicted octanol–water partition coefficient (Wildman–Crippen LogP) is 2.45. The Morgan fingerprint density at radius 2 is 2.06 bits per heavy atom. The van der Waals surface area contributed by atoms with Crippen molar-refractivity contribution in [2.75, 3.05) is 7.11 Å². The molecule has 2 N–H and O–H groups in total. The van der Waals surface area contributed by atoms with E-state index >= 15 is 0 Å². The Hall–Kier alpha value is -1.09. The van der Waals surface area contributed by atoms with E-state index in [4.69, 9.17) is 10.5 Å². The van der Waals surface area contributed by atoms with E-state index in [1.54, 1.807) is 13.3 Å². The maximum Gasteiger partial charge on any atom is 0.137 e. The van der Waals surface area contributed by atoms with Crippen molar-refractivity contribution in [3.63, 3.8) is 0 Å². The molecule has 0 saturated heterocycles. The zero-order chi connectivity index (χ0) is 11.8. The lowest BCUT2D eigenvalue weighted by Crippen LogP contribution is -2.34. The van der Waals surface area contributed by atoms with E-state index in [0.29, 0.717) is 5.41 Å². The Morgan fingerprint density at radius 3 is 2.62 bits per heavy atom. The van der Waals surface area contributed by atoms with Gasteiger partial charge in [-0.3, -0.25) is 4.98 Å². The summed E-state index contributed by atoms with van der Waals surface area (Å²) in [6.45, 7) is 4.55. The third-order valence-electron chi connectivity index (χ3n) is 3.57. The first kappa shape index (κ1) is 11.4. The van der Waals surface area contributed by atoms with Crippen molar-refractivity contribution in [1.29, 1.82) is 0 Å². The maximum atomic E-state index is 6.48. The van der Waals surface area contributed by atoms with Crippen LogP contribution in [0.5, 0.6) is 5.75 Å². The molecule has 1 aliphatic carbocycles. The van der Waals surface area contributed by atoms with Crippen molar-refractivity contribution in [3.05, 3.63) is 24.0 Å². The molecule has 16 heavy (non-hydrogen) atoms. The van der Waals surface area contributed by atoms with Crippen molar-refractivity contribution in [3.8, 4) is 5.75 Å². The number of methoxy groups -OCH3 is 1. The summed E-state index contributed by atoms with van der Waals surface area (Å²) in [6.07, 6.45) is 6.78. The molecule has 0 aromatic carbocycles. The minimum atomic E-state index is -0.231. The highest BCUT2D eigenvalue weighted by atomic mass is 16.5. The summed E-state index contributed by atoms with van der Waals surface area (Å²) in [4.78, 5) is 4.19. The summed E-state index contributed by atoms with van der Waals surface area (Å²) < 4.78 is 5.19. The van der Waals surface area contributed by atoms with Crippen LogP contribution in [0, 0.1) is 5.41 Å². The molecule has 88 valence electrons. The molecular formula is C13H20N2O. The van der Waals surface area contributed by atoms with E-state index in [-0.39, 0.29) is 5.54 Å². The standard InChI is InChI=1S/C13H20N2O/c1-12(2)4-5-13(14,9-12)10-6-11(16-3)8-15-7-10/h6-8H,4-5,9,14H2,1-3H3. The number of nitrogens with zero attached hydrogens (tertiary/aromatic N) is 1. The summed E-state index contributed by atoms with van der Waals surface area (Å²) in [5.41, 5.74) is 7.68. The van der Waals surface area contributed by atoms with Gasteiger partial charge in [-0.05, 0) is 36.3 Å². The normalized spacial score (nSPS) is 28.0. The summed E-state index contributed by atoms with van der Waals surface area (Å²) >= 11 is 0.